The largest absolute Gasteiger partial charge is 0.454 e. The fraction of sp³-hybridized carbons (Fsp3) is 0.818. The number of allylic oxidation sites excluding steroid dienone is 11. The van der Waals surface area contributed by atoms with Gasteiger partial charge in [0.25, 0.3) is 0 Å². The first-order valence-electron chi connectivity index (χ1n) is 37.2. The van der Waals surface area contributed by atoms with Gasteiger partial charge in [0.2, 0.25) is 5.91 Å². The van der Waals surface area contributed by atoms with Crippen molar-refractivity contribution in [2.75, 3.05) is 13.2 Å². The number of carbonyl (C=O) groups is 2. The number of nitrogens with one attached hydrogen (secondary N) is 1. The van der Waals surface area contributed by atoms with Crippen molar-refractivity contribution in [2.24, 2.45) is 0 Å². The van der Waals surface area contributed by atoms with Crippen LogP contribution in [0.5, 0.6) is 0 Å². The van der Waals surface area contributed by atoms with Crippen LogP contribution in [-0.2, 0) is 23.8 Å². The number of ether oxygens (including phenoxy) is 3. The van der Waals surface area contributed by atoms with Gasteiger partial charge in [0.15, 0.2) is 12.4 Å². The number of aliphatic hydroxyl groups is 5. The molecule has 1 amide bonds. The fourth-order valence-electron chi connectivity index (χ4n) is 11.5. The molecule has 512 valence electrons. The third kappa shape index (κ3) is 50.7. The normalized spacial score (nSPS) is 18.6. The second-order valence-corrected chi connectivity index (χ2v) is 25.7. The van der Waals surface area contributed by atoms with E-state index in [0.29, 0.717) is 19.3 Å². The molecule has 0 aliphatic carbocycles. The van der Waals surface area contributed by atoms with E-state index in [9.17, 15) is 35.1 Å². The number of carbonyl (C=O) groups excluding carboxylic acids is 2. The number of unbranched alkanes of at least 4 members (excludes halogenated alkanes) is 40. The summed E-state index contributed by atoms with van der Waals surface area (Å²) in [6, 6.07) is -1.03. The summed E-state index contributed by atoms with van der Waals surface area (Å²) in [5.74, 6) is -1.19. The molecule has 88 heavy (non-hydrogen) atoms. The number of esters is 1. The van der Waals surface area contributed by atoms with Crippen LogP contribution in [0.25, 0.3) is 0 Å². The number of aliphatic hydroxyl groups excluding tert-OH is 5. The predicted octanol–water partition coefficient (Wildman–Crippen LogP) is 19.5. The smallest absolute Gasteiger partial charge is 0.306 e. The standard InChI is InChI=1S/C77H139NO10/c1-4-7-10-13-16-19-22-25-27-29-31-33-34-35-36-37-38-39-41-43-45-47-50-53-56-59-62-65-72(82)88-75-74(84)73(83)71(66-79)87-77(75)86-67-68(69(80)63-60-57-54-51-48-24-21-18-15-12-9-6-3)78-76(85)70(81)64-61-58-55-52-49-46-44-42-40-32-30-28-26-23-20-17-14-11-8-5-2/h16,19,25-28,31,33,35-36,60,63,68-71,73-75,77,79-81,83-84H,4-15,17-18,20-24,29-30,32,34,37-59,61-62,64-67H2,1-3H3,(H,78,85)/b19-16-,27-25-,28-26+,33-31-,36-35-,63-60+. The van der Waals surface area contributed by atoms with E-state index in [1.165, 1.54) is 212 Å². The van der Waals surface area contributed by atoms with Gasteiger partial charge in [-0.2, -0.15) is 0 Å². The minimum atomic E-state index is -1.62. The molecule has 0 saturated carbocycles. The molecule has 1 fully saturated rings. The maximum absolute atomic E-state index is 13.5. The van der Waals surface area contributed by atoms with E-state index >= 15 is 0 Å². The van der Waals surface area contributed by atoms with E-state index in [1.54, 1.807) is 6.08 Å². The van der Waals surface area contributed by atoms with Gasteiger partial charge in [-0.1, -0.05) is 312 Å². The van der Waals surface area contributed by atoms with Gasteiger partial charge in [-0.05, 0) is 96.3 Å². The number of hydrogen-bond donors (Lipinski definition) is 6. The third-order valence-corrected chi connectivity index (χ3v) is 17.3. The first kappa shape index (κ1) is 83.1. The Morgan fingerprint density at radius 1 is 0.443 bits per heavy atom. The molecular weight excluding hydrogens is 1100 g/mol. The van der Waals surface area contributed by atoms with E-state index in [1.807, 2.05) is 6.08 Å². The number of rotatable bonds is 64. The molecule has 1 saturated heterocycles. The van der Waals surface area contributed by atoms with Gasteiger partial charge in [-0.3, -0.25) is 9.59 Å². The third-order valence-electron chi connectivity index (χ3n) is 17.3. The Balaban J connectivity index is 2.54. The molecule has 6 N–H and O–H groups in total. The molecule has 1 aliphatic heterocycles. The zero-order chi connectivity index (χ0) is 63.9. The van der Waals surface area contributed by atoms with Gasteiger partial charge >= 0.3 is 5.97 Å². The highest BCUT2D eigenvalue weighted by molar-refractivity contribution is 5.80. The highest BCUT2D eigenvalue weighted by Crippen LogP contribution is 2.26. The maximum Gasteiger partial charge on any atom is 0.306 e. The van der Waals surface area contributed by atoms with Crippen LogP contribution in [0.1, 0.15) is 342 Å². The number of amides is 1. The lowest BCUT2D eigenvalue weighted by Gasteiger charge is -2.41. The molecular formula is C77H139NO10. The number of hydrogen-bond acceptors (Lipinski definition) is 10. The Bertz CT molecular complexity index is 1710. The predicted molar refractivity (Wildman–Crippen MR) is 370 cm³/mol. The summed E-state index contributed by atoms with van der Waals surface area (Å²) in [4.78, 5) is 26.7. The van der Waals surface area contributed by atoms with E-state index in [4.69, 9.17) is 14.2 Å². The summed E-state index contributed by atoms with van der Waals surface area (Å²) < 4.78 is 17.7. The first-order valence-corrected chi connectivity index (χ1v) is 37.2. The lowest BCUT2D eigenvalue weighted by atomic mass is 9.99. The van der Waals surface area contributed by atoms with Gasteiger partial charge in [0.1, 0.15) is 24.4 Å². The van der Waals surface area contributed by atoms with Crippen LogP contribution in [0.3, 0.4) is 0 Å². The lowest BCUT2D eigenvalue weighted by Crippen LogP contribution is -2.61. The summed E-state index contributed by atoms with van der Waals surface area (Å²) in [7, 11) is 0. The van der Waals surface area contributed by atoms with Gasteiger partial charge in [0, 0.05) is 6.42 Å². The summed E-state index contributed by atoms with van der Waals surface area (Å²) in [6.45, 7) is 5.80. The van der Waals surface area contributed by atoms with Crippen molar-refractivity contribution in [1.29, 1.82) is 0 Å². The van der Waals surface area contributed by atoms with E-state index in [2.05, 4.69) is 86.8 Å². The van der Waals surface area contributed by atoms with Crippen LogP contribution in [0.2, 0.25) is 0 Å². The molecule has 11 nitrogen and oxygen atoms in total. The average molecular weight is 1240 g/mol. The Morgan fingerprint density at radius 3 is 1.20 bits per heavy atom. The second kappa shape index (κ2) is 64.2. The van der Waals surface area contributed by atoms with Crippen LogP contribution in [-0.4, -0.2) is 99.6 Å². The van der Waals surface area contributed by atoms with E-state index in [-0.39, 0.29) is 13.0 Å². The van der Waals surface area contributed by atoms with Crippen LogP contribution >= 0.6 is 0 Å². The van der Waals surface area contributed by atoms with Gasteiger partial charge in [-0.25, -0.2) is 0 Å². The van der Waals surface area contributed by atoms with Crippen molar-refractivity contribution in [2.45, 2.75) is 391 Å². The average Bonchev–Trinajstić information content (AvgIpc) is 1.29. The summed E-state index contributed by atoms with van der Waals surface area (Å²) >= 11 is 0. The van der Waals surface area contributed by atoms with Crippen LogP contribution in [0.15, 0.2) is 72.9 Å². The molecule has 0 aromatic rings. The second-order valence-electron chi connectivity index (χ2n) is 25.7. The minimum Gasteiger partial charge on any atom is -0.454 e. The van der Waals surface area contributed by atoms with E-state index < -0.39 is 67.4 Å². The van der Waals surface area contributed by atoms with Crippen molar-refractivity contribution < 1.29 is 49.3 Å². The summed E-state index contributed by atoms with van der Waals surface area (Å²) in [5, 5.41) is 57.3. The van der Waals surface area contributed by atoms with Crippen molar-refractivity contribution in [3.8, 4) is 0 Å². The maximum atomic E-state index is 13.5. The lowest BCUT2D eigenvalue weighted by molar-refractivity contribution is -0.305. The topological polar surface area (TPSA) is 175 Å². The molecule has 0 radical (unpaired) electrons. The highest BCUT2D eigenvalue weighted by Gasteiger charge is 2.47. The van der Waals surface area contributed by atoms with E-state index in [0.717, 1.165) is 83.5 Å². The summed E-state index contributed by atoms with van der Waals surface area (Å²) in [6.07, 6.45) is 73.7. The van der Waals surface area contributed by atoms with Crippen molar-refractivity contribution in [3.05, 3.63) is 72.9 Å². The molecule has 0 aromatic carbocycles. The fourth-order valence-corrected chi connectivity index (χ4v) is 11.5. The van der Waals surface area contributed by atoms with Gasteiger partial charge in [-0.15, -0.1) is 0 Å². The molecule has 8 atom stereocenters. The summed E-state index contributed by atoms with van der Waals surface area (Å²) in [5.41, 5.74) is 0. The van der Waals surface area contributed by atoms with Crippen LogP contribution < -0.4 is 5.32 Å². The quantitative estimate of drug-likeness (QED) is 0.0195. The van der Waals surface area contributed by atoms with Crippen LogP contribution in [0.4, 0.5) is 0 Å². The Hall–Kier alpha value is -2.90. The molecule has 0 spiro atoms. The monoisotopic (exact) mass is 1240 g/mol. The van der Waals surface area contributed by atoms with Crippen LogP contribution in [0, 0.1) is 0 Å². The zero-order valence-corrected chi connectivity index (χ0v) is 57.1. The highest BCUT2D eigenvalue weighted by atomic mass is 16.7. The first-order chi connectivity index (χ1) is 43.2. The Labute approximate surface area is 541 Å². The molecule has 1 heterocycles. The Morgan fingerprint density at radius 2 is 0.784 bits per heavy atom. The Kier molecular flexibility index (Phi) is 60.6. The molecule has 8 unspecified atom stereocenters. The molecule has 1 aliphatic rings. The molecule has 1 rings (SSSR count). The van der Waals surface area contributed by atoms with Gasteiger partial charge < -0.3 is 45.1 Å². The van der Waals surface area contributed by atoms with Crippen molar-refractivity contribution in [3.63, 3.8) is 0 Å². The van der Waals surface area contributed by atoms with Gasteiger partial charge in [0.05, 0.1) is 25.4 Å². The molecule has 0 bridgehead atoms. The molecule has 11 heteroatoms. The SMILES string of the molecule is CCCCC/C=C\C/C=C\C/C=C\C/C=C\CCCCCCCCCCCCCC(=O)OC1C(OCC(NC(=O)C(O)CCCCCCCCCCCC/C=C/CCCCCCCC)C(O)/C=C/CCCCCCCCCCCC)OC(CO)C(O)C1O. The molecule has 0 aromatic heterocycles. The van der Waals surface area contributed by atoms with Crippen molar-refractivity contribution in [1.82, 2.24) is 5.32 Å². The van der Waals surface area contributed by atoms with Crippen molar-refractivity contribution >= 4 is 11.9 Å². The zero-order valence-electron chi connectivity index (χ0n) is 57.1. The minimum absolute atomic E-state index is 0.119.